The molecule has 14 heteroatoms. The molecule has 47 heavy (non-hydrogen) atoms. The normalized spacial score (nSPS) is 14.1. The fourth-order valence-corrected chi connectivity index (χ4v) is 5.88. The van der Waals surface area contributed by atoms with Gasteiger partial charge in [0.15, 0.2) is 0 Å². The summed E-state index contributed by atoms with van der Waals surface area (Å²) in [6.07, 6.45) is 4.68. The van der Waals surface area contributed by atoms with Gasteiger partial charge in [0.25, 0.3) is 0 Å². The van der Waals surface area contributed by atoms with Crippen molar-refractivity contribution < 1.29 is 19.1 Å². The highest BCUT2D eigenvalue weighted by atomic mass is 35.5. The molecule has 0 unspecified atom stereocenters. The van der Waals surface area contributed by atoms with Crippen LogP contribution in [0.25, 0.3) is 33.6 Å². The summed E-state index contributed by atoms with van der Waals surface area (Å²) in [6.45, 7) is 4.03. The molecule has 4 aromatic rings. The smallest absolute Gasteiger partial charge is 0.237 e. The molecular formula is C33H36Cl2N8O4. The van der Waals surface area contributed by atoms with Gasteiger partial charge in [-0.1, -0.05) is 59.6 Å². The van der Waals surface area contributed by atoms with Gasteiger partial charge in [-0.3, -0.25) is 19.6 Å². The number of nitrogens with zero attached hydrogens (tertiary/aromatic N) is 4. The third-order valence-corrected chi connectivity index (χ3v) is 8.40. The summed E-state index contributed by atoms with van der Waals surface area (Å²) in [7, 11) is 3.09. The highest BCUT2D eigenvalue weighted by Gasteiger charge is 2.21. The van der Waals surface area contributed by atoms with Crippen LogP contribution in [0.3, 0.4) is 0 Å². The van der Waals surface area contributed by atoms with E-state index in [1.807, 2.05) is 36.4 Å². The molecule has 0 radical (unpaired) electrons. The molecule has 12 nitrogen and oxygen atoms in total. The van der Waals surface area contributed by atoms with Gasteiger partial charge in [0, 0.05) is 74.4 Å². The number of nitrogens with one attached hydrogen (secondary N) is 4. The zero-order valence-electron chi connectivity index (χ0n) is 26.3. The van der Waals surface area contributed by atoms with Crippen LogP contribution in [0, 0.1) is 0 Å². The zero-order valence-corrected chi connectivity index (χ0v) is 27.8. The fraction of sp³-hybridized carbons (Fsp3) is 0.333. The van der Waals surface area contributed by atoms with Crippen molar-refractivity contribution in [1.82, 2.24) is 41.2 Å². The van der Waals surface area contributed by atoms with Gasteiger partial charge in [-0.25, -0.2) is 9.97 Å². The Bertz CT molecular complexity index is 1760. The minimum absolute atomic E-state index is 0.0786. The number of hydrogen-bond acceptors (Lipinski definition) is 10. The molecule has 5 rings (SSSR count). The molecule has 246 valence electrons. The van der Waals surface area contributed by atoms with Crippen molar-refractivity contribution in [3.8, 4) is 45.4 Å². The first-order valence-corrected chi connectivity index (χ1v) is 15.9. The summed E-state index contributed by atoms with van der Waals surface area (Å²) in [5.74, 6) is 0.745. The van der Waals surface area contributed by atoms with Gasteiger partial charge >= 0.3 is 0 Å². The Morgan fingerprint density at radius 1 is 0.851 bits per heavy atom. The Hall–Kier alpha value is -4.36. The number of benzene rings is 2. The number of halogens is 2. The first-order valence-electron chi connectivity index (χ1n) is 15.1. The molecule has 0 aliphatic carbocycles. The third-order valence-electron chi connectivity index (χ3n) is 7.59. The summed E-state index contributed by atoms with van der Waals surface area (Å²) in [4.78, 5) is 41.1. The molecule has 0 bridgehead atoms. The van der Waals surface area contributed by atoms with Crippen molar-refractivity contribution in [2.75, 3.05) is 33.9 Å². The van der Waals surface area contributed by atoms with E-state index in [2.05, 4.69) is 36.2 Å². The second-order valence-corrected chi connectivity index (χ2v) is 11.6. The Morgan fingerprint density at radius 2 is 1.38 bits per heavy atom. The molecular weight excluding hydrogens is 643 g/mol. The summed E-state index contributed by atoms with van der Waals surface area (Å²) >= 11 is 14.0. The molecule has 1 fully saturated rings. The number of aromatic nitrogens is 4. The Morgan fingerprint density at radius 3 is 1.87 bits per heavy atom. The van der Waals surface area contributed by atoms with Crippen molar-refractivity contribution in [3.05, 3.63) is 70.2 Å². The topological polar surface area (TPSA) is 152 Å². The molecule has 1 atom stereocenters. The second-order valence-electron chi connectivity index (χ2n) is 10.9. The molecule has 2 aromatic heterocycles. The van der Waals surface area contributed by atoms with E-state index in [4.69, 9.17) is 37.7 Å². The lowest BCUT2D eigenvalue weighted by Gasteiger charge is -2.15. The SMILES string of the molecule is COc1nc(-c2cccc(-c3cccc(-c4cnc(CNC[C@@H]5CCC(=O)N5)c(OC)n4)c3Cl)c2Cl)cnc1CNCCNC(C)=O. The molecule has 1 aliphatic heterocycles. The Kier molecular flexibility index (Phi) is 11.5. The molecule has 3 heterocycles. The maximum absolute atomic E-state index is 11.5. The van der Waals surface area contributed by atoms with Gasteiger partial charge in [-0.15, -0.1) is 0 Å². The van der Waals surface area contributed by atoms with Crippen molar-refractivity contribution in [3.63, 3.8) is 0 Å². The van der Waals surface area contributed by atoms with Crippen LogP contribution < -0.4 is 30.7 Å². The van der Waals surface area contributed by atoms with Crippen LogP contribution >= 0.6 is 23.2 Å². The van der Waals surface area contributed by atoms with E-state index in [1.54, 1.807) is 19.5 Å². The molecule has 0 spiro atoms. The minimum atomic E-state index is -0.0822. The van der Waals surface area contributed by atoms with Crippen molar-refractivity contribution >= 4 is 35.0 Å². The number of carbonyl (C=O) groups is 2. The van der Waals surface area contributed by atoms with E-state index in [-0.39, 0.29) is 17.9 Å². The molecule has 2 amide bonds. The molecule has 4 N–H and O–H groups in total. The van der Waals surface area contributed by atoms with Crippen LogP contribution in [0.2, 0.25) is 10.0 Å². The first-order chi connectivity index (χ1) is 22.8. The summed E-state index contributed by atoms with van der Waals surface area (Å²) in [6, 6.07) is 11.4. The lowest BCUT2D eigenvalue weighted by molar-refractivity contribution is -0.120. The number of hydrogen-bond donors (Lipinski definition) is 4. The predicted molar refractivity (Wildman–Crippen MR) is 180 cm³/mol. The van der Waals surface area contributed by atoms with Crippen molar-refractivity contribution in [2.45, 2.75) is 38.9 Å². The monoisotopic (exact) mass is 678 g/mol. The van der Waals surface area contributed by atoms with E-state index in [0.717, 1.165) is 6.42 Å². The minimum Gasteiger partial charge on any atom is -0.480 e. The van der Waals surface area contributed by atoms with Crippen LogP contribution in [0.1, 0.15) is 31.2 Å². The van der Waals surface area contributed by atoms with Gasteiger partial charge < -0.3 is 30.7 Å². The standard InChI is InChI=1S/C33H36Cl2N8O4/c1-19(44)38-13-12-36-15-27-32(46-2)42-25(17-39-27)23-8-4-6-21(30(23)34)22-7-5-9-24(31(22)35)26-18-40-28(33(43-26)47-3)16-37-14-20-10-11-29(45)41-20/h4-9,17-18,20,36-37H,10-16H2,1-3H3,(H,38,44)(H,41,45)/t20-/m0/s1. The second kappa shape index (κ2) is 16.0. The molecule has 1 saturated heterocycles. The Balaban J connectivity index is 1.35. The fourth-order valence-electron chi connectivity index (χ4n) is 5.23. The number of methoxy groups -OCH3 is 2. The third kappa shape index (κ3) is 8.33. The summed E-state index contributed by atoms with van der Waals surface area (Å²) < 4.78 is 11.1. The average molecular weight is 680 g/mol. The van der Waals surface area contributed by atoms with Gasteiger partial charge in [0.05, 0.1) is 48.0 Å². The van der Waals surface area contributed by atoms with Crippen LogP contribution in [0.15, 0.2) is 48.8 Å². The highest BCUT2D eigenvalue weighted by Crippen LogP contribution is 2.42. The highest BCUT2D eigenvalue weighted by molar-refractivity contribution is 6.39. The molecule has 0 saturated carbocycles. The Labute approximate surface area is 283 Å². The van der Waals surface area contributed by atoms with Crippen LogP contribution in [-0.4, -0.2) is 71.6 Å². The van der Waals surface area contributed by atoms with Crippen LogP contribution in [0.5, 0.6) is 11.8 Å². The van der Waals surface area contributed by atoms with E-state index >= 15 is 0 Å². The lowest BCUT2D eigenvalue weighted by atomic mass is 9.98. The first kappa shape index (κ1) is 34.0. The van der Waals surface area contributed by atoms with Crippen molar-refractivity contribution in [1.29, 1.82) is 0 Å². The zero-order chi connectivity index (χ0) is 33.3. The average Bonchev–Trinajstić information content (AvgIpc) is 3.49. The van der Waals surface area contributed by atoms with Gasteiger partial charge in [0.2, 0.25) is 23.6 Å². The van der Waals surface area contributed by atoms with E-state index in [0.29, 0.717) is 106 Å². The maximum atomic E-state index is 11.5. The molecule has 2 aromatic carbocycles. The summed E-state index contributed by atoms with van der Waals surface area (Å²) in [5, 5.41) is 13.1. The van der Waals surface area contributed by atoms with Crippen LogP contribution in [-0.2, 0) is 22.7 Å². The number of rotatable bonds is 14. The maximum Gasteiger partial charge on any atom is 0.237 e. The van der Waals surface area contributed by atoms with Gasteiger partial charge in [0.1, 0.15) is 11.4 Å². The van der Waals surface area contributed by atoms with E-state index < -0.39 is 0 Å². The summed E-state index contributed by atoms with van der Waals surface area (Å²) in [5.41, 5.74) is 5.11. The van der Waals surface area contributed by atoms with Crippen LogP contribution in [0.4, 0.5) is 0 Å². The number of ether oxygens (including phenoxy) is 2. The number of amides is 2. The quantitative estimate of drug-likeness (QED) is 0.143. The predicted octanol–water partition coefficient (Wildman–Crippen LogP) is 4.19. The number of carbonyl (C=O) groups excluding carboxylic acids is 2. The largest absolute Gasteiger partial charge is 0.480 e. The lowest BCUT2D eigenvalue weighted by Crippen LogP contribution is -2.35. The van der Waals surface area contributed by atoms with Crippen molar-refractivity contribution in [2.24, 2.45) is 0 Å². The van der Waals surface area contributed by atoms with E-state index in [1.165, 1.54) is 14.0 Å². The van der Waals surface area contributed by atoms with Gasteiger partial charge in [-0.2, -0.15) is 0 Å². The van der Waals surface area contributed by atoms with E-state index in [9.17, 15) is 9.59 Å². The molecule has 1 aliphatic rings. The van der Waals surface area contributed by atoms with Gasteiger partial charge in [-0.05, 0) is 6.42 Å².